The molecule has 0 radical (unpaired) electrons. The zero-order valence-electron chi connectivity index (χ0n) is 8.39. The van der Waals surface area contributed by atoms with E-state index in [4.69, 9.17) is 5.26 Å². The van der Waals surface area contributed by atoms with Crippen molar-refractivity contribution in [2.45, 2.75) is 6.42 Å². The van der Waals surface area contributed by atoms with Crippen LogP contribution in [-0.4, -0.2) is 65.7 Å². The summed E-state index contributed by atoms with van der Waals surface area (Å²) in [6.07, 6.45) is 0.690. The molecule has 4 rings (SSSR count). The Bertz CT molecular complexity index is 246. The zero-order chi connectivity index (χ0) is 9.60. The second-order valence-corrected chi connectivity index (χ2v) is 4.83. The van der Waals surface area contributed by atoms with Gasteiger partial charge in [-0.15, -0.1) is 0 Å². The highest BCUT2D eigenvalue weighted by Crippen LogP contribution is 2.28. The molecular weight excluding hydrogens is 178 g/mol. The van der Waals surface area contributed by atoms with Gasteiger partial charge in [-0.2, -0.15) is 5.26 Å². The molecule has 4 heterocycles. The standard InChI is InChI=1S/C9H16N5/c10-2-1-3-14-7-11-4-12(8-14)6-13(5-11)9-14/h1,3-9H2/q+1. The number of hydrogen-bond acceptors (Lipinski definition) is 4. The van der Waals surface area contributed by atoms with Crippen LogP contribution in [0.2, 0.25) is 0 Å². The molecule has 0 unspecified atom stereocenters. The van der Waals surface area contributed by atoms with Crippen LogP contribution in [-0.2, 0) is 0 Å². The van der Waals surface area contributed by atoms with Crippen molar-refractivity contribution in [1.29, 1.82) is 5.26 Å². The van der Waals surface area contributed by atoms with Crippen molar-refractivity contribution in [2.24, 2.45) is 0 Å². The lowest BCUT2D eigenvalue weighted by atomic mass is 10.2. The van der Waals surface area contributed by atoms with Gasteiger partial charge < -0.3 is 0 Å². The van der Waals surface area contributed by atoms with E-state index in [0.717, 1.165) is 51.0 Å². The molecule has 0 aromatic carbocycles. The van der Waals surface area contributed by atoms with Gasteiger partial charge in [0.15, 0.2) is 0 Å². The summed E-state index contributed by atoms with van der Waals surface area (Å²) < 4.78 is 1.09. The third-order valence-electron chi connectivity index (χ3n) is 3.40. The van der Waals surface area contributed by atoms with Gasteiger partial charge >= 0.3 is 0 Å². The summed E-state index contributed by atoms with van der Waals surface area (Å²) in [5.41, 5.74) is 0. The summed E-state index contributed by atoms with van der Waals surface area (Å²) in [7, 11) is 0. The monoisotopic (exact) mass is 194 g/mol. The van der Waals surface area contributed by atoms with Crippen LogP contribution in [0.3, 0.4) is 0 Å². The molecule has 0 saturated carbocycles. The van der Waals surface area contributed by atoms with E-state index >= 15 is 0 Å². The van der Waals surface area contributed by atoms with Gasteiger partial charge in [-0.3, -0.25) is 4.48 Å². The Morgan fingerprint density at radius 1 is 1.00 bits per heavy atom. The molecule has 4 aliphatic rings. The van der Waals surface area contributed by atoms with Gasteiger partial charge in [0.05, 0.1) is 39.0 Å². The normalized spacial score (nSPS) is 49.2. The first-order valence-corrected chi connectivity index (χ1v) is 5.19. The van der Waals surface area contributed by atoms with Crippen LogP contribution < -0.4 is 0 Å². The van der Waals surface area contributed by atoms with Crippen molar-refractivity contribution in [2.75, 3.05) is 46.6 Å². The molecule has 0 aromatic rings. The molecule has 5 heteroatoms. The summed E-state index contributed by atoms with van der Waals surface area (Å²) in [6.45, 7) is 7.84. The van der Waals surface area contributed by atoms with Crippen LogP contribution >= 0.6 is 0 Å². The first-order chi connectivity index (χ1) is 6.80. The van der Waals surface area contributed by atoms with Gasteiger partial charge in [0.1, 0.15) is 20.0 Å². The average molecular weight is 194 g/mol. The Balaban J connectivity index is 1.78. The van der Waals surface area contributed by atoms with Crippen LogP contribution in [0.25, 0.3) is 0 Å². The van der Waals surface area contributed by atoms with Crippen molar-refractivity contribution in [3.8, 4) is 6.07 Å². The third kappa shape index (κ3) is 1.23. The predicted molar refractivity (Wildman–Crippen MR) is 50.1 cm³/mol. The van der Waals surface area contributed by atoms with Crippen LogP contribution in [0.5, 0.6) is 0 Å². The van der Waals surface area contributed by atoms with Gasteiger partial charge in [0, 0.05) is 0 Å². The lowest BCUT2D eigenvalue weighted by molar-refractivity contribution is -0.979. The topological polar surface area (TPSA) is 33.5 Å². The highest BCUT2D eigenvalue weighted by atomic mass is 15.7. The number of nitriles is 1. The largest absolute Gasteiger partial charge is 0.285 e. The Kier molecular flexibility index (Phi) is 1.79. The summed E-state index contributed by atoms with van der Waals surface area (Å²) in [4.78, 5) is 7.44. The fourth-order valence-electron chi connectivity index (χ4n) is 3.16. The molecule has 0 atom stereocenters. The molecule has 76 valence electrons. The number of rotatable bonds is 2. The van der Waals surface area contributed by atoms with Crippen molar-refractivity contribution in [3.63, 3.8) is 0 Å². The second kappa shape index (κ2) is 2.91. The van der Waals surface area contributed by atoms with E-state index in [0.29, 0.717) is 6.42 Å². The molecule has 0 amide bonds. The molecule has 14 heavy (non-hydrogen) atoms. The first-order valence-electron chi connectivity index (χ1n) is 5.19. The first kappa shape index (κ1) is 8.62. The predicted octanol–water partition coefficient (Wildman–Crippen LogP) is -0.591. The molecule has 0 aromatic heterocycles. The Morgan fingerprint density at radius 2 is 1.50 bits per heavy atom. The van der Waals surface area contributed by atoms with Gasteiger partial charge in [-0.25, -0.2) is 14.7 Å². The zero-order valence-corrected chi connectivity index (χ0v) is 8.39. The maximum absolute atomic E-state index is 8.67. The minimum atomic E-state index is 0.690. The molecule has 0 aliphatic carbocycles. The molecule has 0 N–H and O–H groups in total. The van der Waals surface area contributed by atoms with Gasteiger partial charge in [-0.05, 0) is 0 Å². The molecule has 4 fully saturated rings. The van der Waals surface area contributed by atoms with Crippen LogP contribution in [0.4, 0.5) is 0 Å². The quantitative estimate of drug-likeness (QED) is 0.550. The van der Waals surface area contributed by atoms with E-state index in [9.17, 15) is 0 Å². The lowest BCUT2D eigenvalue weighted by Crippen LogP contribution is -2.79. The molecule has 4 aliphatic heterocycles. The summed E-state index contributed by atoms with van der Waals surface area (Å²) >= 11 is 0. The van der Waals surface area contributed by atoms with Crippen molar-refractivity contribution < 1.29 is 4.48 Å². The second-order valence-electron chi connectivity index (χ2n) is 4.83. The Hall–Kier alpha value is -0.670. The molecule has 4 bridgehead atoms. The van der Waals surface area contributed by atoms with Gasteiger partial charge in [0.2, 0.25) is 0 Å². The van der Waals surface area contributed by atoms with E-state index in [1.807, 2.05) is 0 Å². The Morgan fingerprint density at radius 3 is 1.93 bits per heavy atom. The lowest BCUT2D eigenvalue weighted by Gasteiger charge is -2.60. The number of hydrogen-bond donors (Lipinski definition) is 0. The van der Waals surface area contributed by atoms with E-state index in [2.05, 4.69) is 20.8 Å². The van der Waals surface area contributed by atoms with Crippen molar-refractivity contribution >= 4 is 0 Å². The summed E-state index contributed by atoms with van der Waals surface area (Å²) in [6, 6.07) is 2.27. The van der Waals surface area contributed by atoms with E-state index in [1.165, 1.54) is 0 Å². The molecule has 5 nitrogen and oxygen atoms in total. The maximum Gasteiger partial charge on any atom is 0.139 e. The van der Waals surface area contributed by atoms with Gasteiger partial charge in [-0.1, -0.05) is 0 Å². The van der Waals surface area contributed by atoms with E-state index in [-0.39, 0.29) is 0 Å². The minimum Gasteiger partial charge on any atom is -0.285 e. The highest BCUT2D eigenvalue weighted by molar-refractivity contribution is 4.76. The SMILES string of the molecule is N#CCC[N+]12CN3CN(CN(C3)C1)C2. The number of nitrogens with zero attached hydrogens (tertiary/aromatic N) is 5. The average Bonchev–Trinajstić information content (AvgIpc) is 2.12. The van der Waals surface area contributed by atoms with Crippen LogP contribution in [0, 0.1) is 11.3 Å². The summed E-state index contributed by atoms with van der Waals surface area (Å²) in [5.74, 6) is 0. The maximum atomic E-state index is 8.67. The molecule has 0 spiro atoms. The smallest absolute Gasteiger partial charge is 0.139 e. The molecular formula is C9H16N5+. The fourth-order valence-corrected chi connectivity index (χ4v) is 3.16. The van der Waals surface area contributed by atoms with Crippen molar-refractivity contribution in [3.05, 3.63) is 0 Å². The van der Waals surface area contributed by atoms with Crippen LogP contribution in [0.15, 0.2) is 0 Å². The van der Waals surface area contributed by atoms with E-state index in [1.54, 1.807) is 0 Å². The minimum absolute atomic E-state index is 0.690. The summed E-state index contributed by atoms with van der Waals surface area (Å²) in [5, 5.41) is 8.67. The van der Waals surface area contributed by atoms with E-state index < -0.39 is 0 Å². The fraction of sp³-hybridized carbons (Fsp3) is 0.889. The van der Waals surface area contributed by atoms with Crippen molar-refractivity contribution in [1.82, 2.24) is 14.7 Å². The molecule has 4 saturated heterocycles. The number of quaternary nitrogens is 1. The van der Waals surface area contributed by atoms with Gasteiger partial charge in [0.25, 0.3) is 0 Å². The van der Waals surface area contributed by atoms with Crippen LogP contribution in [0.1, 0.15) is 6.42 Å². The third-order valence-corrected chi connectivity index (χ3v) is 3.40. The Labute approximate surface area is 84.3 Å². The highest BCUT2D eigenvalue weighted by Gasteiger charge is 2.47.